The van der Waals surface area contributed by atoms with Gasteiger partial charge in [-0.05, 0) is 45.0 Å². The minimum absolute atomic E-state index is 0.147. The molecule has 2 aromatic heterocycles. The molecule has 0 unspecified atom stereocenters. The smallest absolute Gasteiger partial charge is 0.175 e. The summed E-state index contributed by atoms with van der Waals surface area (Å²) in [6, 6.07) is 9.97. The van der Waals surface area contributed by atoms with Crippen LogP contribution in [0.4, 0.5) is 0 Å². The second kappa shape index (κ2) is 4.26. The Hall–Kier alpha value is -1.35. The zero-order valence-electron chi connectivity index (χ0n) is 9.73. The van der Waals surface area contributed by atoms with E-state index in [1.165, 1.54) is 0 Å². The van der Waals surface area contributed by atoms with E-state index in [9.17, 15) is 0 Å². The molecular formula is C13H15NOS. The van der Waals surface area contributed by atoms with E-state index in [-0.39, 0.29) is 5.60 Å². The van der Waals surface area contributed by atoms with Crippen molar-refractivity contribution in [2.75, 3.05) is 0 Å². The molecule has 0 saturated carbocycles. The Labute approximate surface area is 99.9 Å². The largest absolute Gasteiger partial charge is 0.479 e. The lowest BCUT2D eigenvalue weighted by Crippen LogP contribution is -2.22. The highest BCUT2D eigenvalue weighted by atomic mass is 32.1. The van der Waals surface area contributed by atoms with Crippen molar-refractivity contribution in [3.8, 4) is 15.6 Å². The number of aromatic nitrogens is 1. The molecule has 84 valence electrons. The number of rotatable bonds is 2. The molecule has 0 aliphatic rings. The molecule has 0 atom stereocenters. The van der Waals surface area contributed by atoms with Crippen molar-refractivity contribution in [2.45, 2.75) is 26.4 Å². The molecule has 0 aliphatic heterocycles. The average Bonchev–Trinajstić information content (AvgIpc) is 2.65. The fraction of sp³-hybridized carbons (Fsp3) is 0.308. The lowest BCUT2D eigenvalue weighted by atomic mass is 10.2. The molecule has 0 saturated heterocycles. The Morgan fingerprint density at radius 2 is 1.94 bits per heavy atom. The van der Waals surface area contributed by atoms with Crippen LogP contribution in [0.15, 0.2) is 36.5 Å². The van der Waals surface area contributed by atoms with Gasteiger partial charge in [-0.3, -0.25) is 4.98 Å². The van der Waals surface area contributed by atoms with E-state index in [0.717, 1.165) is 15.6 Å². The SMILES string of the molecule is CC(C)(C)Oc1ccc(-c2ccccn2)s1. The molecule has 3 heteroatoms. The van der Waals surface area contributed by atoms with Crippen LogP contribution in [-0.4, -0.2) is 10.6 Å². The van der Waals surface area contributed by atoms with Gasteiger partial charge in [0.2, 0.25) is 0 Å². The van der Waals surface area contributed by atoms with Gasteiger partial charge in [0.15, 0.2) is 5.06 Å². The number of pyridine rings is 1. The van der Waals surface area contributed by atoms with Gasteiger partial charge in [-0.15, -0.1) is 0 Å². The summed E-state index contributed by atoms with van der Waals surface area (Å²) in [4.78, 5) is 5.45. The first-order valence-electron chi connectivity index (χ1n) is 5.25. The molecule has 2 aromatic rings. The summed E-state index contributed by atoms with van der Waals surface area (Å²) in [5.74, 6) is 0. The van der Waals surface area contributed by atoms with Gasteiger partial charge in [-0.25, -0.2) is 0 Å². The summed E-state index contributed by atoms with van der Waals surface area (Å²) in [7, 11) is 0. The van der Waals surface area contributed by atoms with Crippen LogP contribution in [0.1, 0.15) is 20.8 Å². The first kappa shape index (κ1) is 11.1. The molecule has 0 N–H and O–H groups in total. The van der Waals surface area contributed by atoms with Crippen LogP contribution in [-0.2, 0) is 0 Å². The second-order valence-corrected chi connectivity index (χ2v) is 5.59. The molecule has 2 rings (SSSR count). The predicted octanol–water partition coefficient (Wildman–Crippen LogP) is 3.99. The van der Waals surface area contributed by atoms with Gasteiger partial charge in [0, 0.05) is 6.20 Å². The number of hydrogen-bond donors (Lipinski definition) is 0. The highest BCUT2D eigenvalue weighted by Gasteiger charge is 2.13. The van der Waals surface area contributed by atoms with Crippen molar-refractivity contribution in [1.82, 2.24) is 4.98 Å². The quantitative estimate of drug-likeness (QED) is 0.782. The molecule has 2 heterocycles. The third-order valence-corrected chi connectivity index (χ3v) is 2.89. The molecule has 0 fully saturated rings. The summed E-state index contributed by atoms with van der Waals surface area (Å²) in [5, 5.41) is 0.938. The van der Waals surface area contributed by atoms with Gasteiger partial charge in [0.05, 0.1) is 10.6 Å². The highest BCUT2D eigenvalue weighted by molar-refractivity contribution is 7.17. The maximum Gasteiger partial charge on any atom is 0.175 e. The van der Waals surface area contributed by atoms with E-state index >= 15 is 0 Å². The molecule has 0 radical (unpaired) electrons. The lowest BCUT2D eigenvalue weighted by molar-refractivity contribution is 0.136. The van der Waals surface area contributed by atoms with Crippen molar-refractivity contribution in [1.29, 1.82) is 0 Å². The van der Waals surface area contributed by atoms with E-state index in [4.69, 9.17) is 4.74 Å². The Balaban J connectivity index is 2.21. The first-order chi connectivity index (χ1) is 7.54. The van der Waals surface area contributed by atoms with Crippen LogP contribution < -0.4 is 4.74 Å². The third-order valence-electron chi connectivity index (χ3n) is 1.91. The Bertz CT molecular complexity index is 456. The summed E-state index contributed by atoms with van der Waals surface area (Å²) in [6.07, 6.45) is 1.80. The van der Waals surface area contributed by atoms with Crippen LogP contribution in [0, 0.1) is 0 Å². The number of thiophene rings is 1. The van der Waals surface area contributed by atoms with Crippen molar-refractivity contribution >= 4 is 11.3 Å². The van der Waals surface area contributed by atoms with Gasteiger partial charge in [0.1, 0.15) is 5.60 Å². The second-order valence-electron chi connectivity index (χ2n) is 4.55. The molecule has 16 heavy (non-hydrogen) atoms. The summed E-state index contributed by atoms with van der Waals surface area (Å²) < 4.78 is 5.79. The van der Waals surface area contributed by atoms with Crippen LogP contribution in [0.25, 0.3) is 10.6 Å². The lowest BCUT2D eigenvalue weighted by Gasteiger charge is -2.19. The Morgan fingerprint density at radius 1 is 1.12 bits per heavy atom. The van der Waals surface area contributed by atoms with Gasteiger partial charge >= 0.3 is 0 Å². The summed E-state index contributed by atoms with van der Waals surface area (Å²) in [6.45, 7) is 6.15. The molecule has 0 amide bonds. The van der Waals surface area contributed by atoms with Crippen LogP contribution in [0.3, 0.4) is 0 Å². The van der Waals surface area contributed by atoms with E-state index < -0.39 is 0 Å². The van der Waals surface area contributed by atoms with Crippen molar-refractivity contribution < 1.29 is 4.74 Å². The normalized spacial score (nSPS) is 11.4. The Kier molecular flexibility index (Phi) is 2.97. The highest BCUT2D eigenvalue weighted by Crippen LogP contribution is 2.33. The summed E-state index contributed by atoms with van der Waals surface area (Å²) >= 11 is 1.63. The van der Waals surface area contributed by atoms with E-state index in [0.29, 0.717) is 0 Å². The number of hydrogen-bond acceptors (Lipinski definition) is 3. The third kappa shape index (κ3) is 2.83. The first-order valence-corrected chi connectivity index (χ1v) is 6.06. The van der Waals surface area contributed by atoms with Gasteiger partial charge < -0.3 is 4.74 Å². The van der Waals surface area contributed by atoms with E-state index in [1.807, 2.05) is 51.1 Å². The summed E-state index contributed by atoms with van der Waals surface area (Å²) in [5.41, 5.74) is 0.850. The maximum absolute atomic E-state index is 5.79. The molecule has 0 aliphatic carbocycles. The fourth-order valence-electron chi connectivity index (χ4n) is 1.32. The standard InChI is InChI=1S/C13H15NOS/c1-13(2,3)15-12-8-7-11(16-12)10-6-4-5-9-14-10/h4-9H,1-3H3. The van der Waals surface area contributed by atoms with Crippen molar-refractivity contribution in [3.05, 3.63) is 36.5 Å². The number of nitrogens with zero attached hydrogens (tertiary/aromatic N) is 1. The van der Waals surface area contributed by atoms with Gasteiger partial charge in [-0.2, -0.15) is 0 Å². The zero-order chi connectivity index (χ0) is 11.6. The van der Waals surface area contributed by atoms with Crippen LogP contribution in [0.2, 0.25) is 0 Å². The van der Waals surface area contributed by atoms with Gasteiger partial charge in [-0.1, -0.05) is 17.4 Å². The minimum Gasteiger partial charge on any atom is -0.479 e. The molecule has 0 spiro atoms. The minimum atomic E-state index is -0.147. The van der Waals surface area contributed by atoms with Crippen molar-refractivity contribution in [3.63, 3.8) is 0 Å². The number of ether oxygens (including phenoxy) is 1. The monoisotopic (exact) mass is 233 g/mol. The Morgan fingerprint density at radius 3 is 2.56 bits per heavy atom. The molecule has 0 bridgehead atoms. The van der Waals surface area contributed by atoms with Crippen molar-refractivity contribution in [2.24, 2.45) is 0 Å². The van der Waals surface area contributed by atoms with E-state index in [2.05, 4.69) is 4.98 Å². The predicted molar refractivity (Wildman–Crippen MR) is 67.9 cm³/mol. The van der Waals surface area contributed by atoms with Crippen LogP contribution >= 0.6 is 11.3 Å². The molecule has 2 nitrogen and oxygen atoms in total. The van der Waals surface area contributed by atoms with E-state index in [1.54, 1.807) is 17.5 Å². The van der Waals surface area contributed by atoms with Crippen LogP contribution in [0.5, 0.6) is 5.06 Å². The topological polar surface area (TPSA) is 22.1 Å². The van der Waals surface area contributed by atoms with Gasteiger partial charge in [0.25, 0.3) is 0 Å². The molecular weight excluding hydrogens is 218 g/mol. The maximum atomic E-state index is 5.79. The fourth-order valence-corrected chi connectivity index (χ4v) is 2.33. The average molecular weight is 233 g/mol. The molecule has 0 aromatic carbocycles. The zero-order valence-corrected chi connectivity index (χ0v) is 10.5.